The van der Waals surface area contributed by atoms with Crippen molar-refractivity contribution < 1.29 is 23.9 Å². The summed E-state index contributed by atoms with van der Waals surface area (Å²) in [7, 11) is 8.61. The fourth-order valence-electron chi connectivity index (χ4n) is 3.74. The number of para-hydroxylation sites is 1. The highest BCUT2D eigenvalue weighted by atomic mass is 32.1. The van der Waals surface area contributed by atoms with Gasteiger partial charge in [0.2, 0.25) is 11.8 Å². The average molecular weight is 561 g/mol. The zero-order valence-corrected chi connectivity index (χ0v) is 23.9. The lowest BCUT2D eigenvalue weighted by molar-refractivity contribution is -0.124. The first kappa shape index (κ1) is 29.1. The summed E-state index contributed by atoms with van der Waals surface area (Å²) in [5, 5.41) is 20.1. The number of methoxy groups -OCH3 is 2. The van der Waals surface area contributed by atoms with Gasteiger partial charge < -0.3 is 30.7 Å². The maximum absolute atomic E-state index is 13.1. The Balaban J connectivity index is 1.64. The van der Waals surface area contributed by atoms with Crippen molar-refractivity contribution in [3.05, 3.63) is 41.0 Å². The Morgan fingerprint density at radius 1 is 1.12 bits per heavy atom. The number of amides is 3. The molecule has 1 saturated carbocycles. The number of hydrogen-bond acceptors (Lipinski definition) is 10. The molecule has 1 aromatic carbocycles. The third-order valence-corrected chi connectivity index (χ3v) is 6.74. The monoisotopic (exact) mass is 561 g/mol. The van der Waals surface area contributed by atoms with Gasteiger partial charge in [-0.15, -0.1) is 21.5 Å². The minimum Gasteiger partial charge on any atom is -0.494 e. The van der Waals surface area contributed by atoms with Crippen LogP contribution in [0.5, 0.6) is 5.75 Å². The van der Waals surface area contributed by atoms with Crippen LogP contribution in [0, 0.1) is 5.92 Å². The SMILES string of the molecule is BC(B)(B)NC(=O)c1nnc(NC(=O)C2CC2)cc1Nc1cccc(-c2ncc(CNC(=O)COC)s2)c1OC. The minimum absolute atomic E-state index is 0.0151. The molecule has 4 N–H and O–H groups in total. The van der Waals surface area contributed by atoms with Gasteiger partial charge in [0.25, 0.3) is 5.91 Å². The van der Waals surface area contributed by atoms with Crippen LogP contribution < -0.4 is 26.0 Å². The van der Waals surface area contributed by atoms with Crippen LogP contribution in [0.25, 0.3) is 10.6 Å². The zero-order valence-electron chi connectivity index (χ0n) is 23.1. The Kier molecular flexibility index (Phi) is 9.10. The van der Waals surface area contributed by atoms with E-state index in [-0.39, 0.29) is 35.9 Å². The topological polar surface area (TPSA) is 156 Å². The maximum atomic E-state index is 13.1. The summed E-state index contributed by atoms with van der Waals surface area (Å²) in [6, 6.07) is 7.09. The van der Waals surface area contributed by atoms with Crippen molar-refractivity contribution in [2.75, 3.05) is 31.5 Å². The molecule has 0 bridgehead atoms. The van der Waals surface area contributed by atoms with Crippen LogP contribution in [0.2, 0.25) is 0 Å². The van der Waals surface area contributed by atoms with E-state index < -0.39 is 11.1 Å². The summed E-state index contributed by atoms with van der Waals surface area (Å²) >= 11 is 1.41. The maximum Gasteiger partial charge on any atom is 0.272 e. The van der Waals surface area contributed by atoms with E-state index in [4.69, 9.17) is 9.47 Å². The lowest BCUT2D eigenvalue weighted by Gasteiger charge is -2.22. The molecule has 3 aromatic rings. The molecule has 0 saturated heterocycles. The molecule has 40 heavy (non-hydrogen) atoms. The normalized spacial score (nSPS) is 12.8. The number of anilines is 3. The molecule has 0 spiro atoms. The van der Waals surface area contributed by atoms with Crippen LogP contribution in [0.1, 0.15) is 28.2 Å². The van der Waals surface area contributed by atoms with Gasteiger partial charge in [0.05, 0.1) is 30.6 Å². The number of carbonyl (C=O) groups is 3. The molecule has 2 heterocycles. The van der Waals surface area contributed by atoms with E-state index in [1.807, 2.05) is 35.7 Å². The van der Waals surface area contributed by atoms with Crippen LogP contribution in [0.15, 0.2) is 30.5 Å². The number of hydrogen-bond donors (Lipinski definition) is 4. The van der Waals surface area contributed by atoms with E-state index in [1.165, 1.54) is 18.4 Å². The Hall–Kier alpha value is -3.91. The molecule has 206 valence electrons. The standard InChI is InChI=1S/C24H30B3N7O5S/c1-38-11-18(35)28-9-13-10-29-23(40-13)14-4-3-5-15(20(14)39-2)30-16-8-17(31-21(36)12-6-7-12)33-34-19(16)22(37)32-24(25,26)27/h3-5,8,10,12H,6-7,9,11,25-27H2,1-2H3,(H,28,35)(H,32,37)(H2,30,31,33,36). The largest absolute Gasteiger partial charge is 0.494 e. The van der Waals surface area contributed by atoms with Gasteiger partial charge in [-0.1, -0.05) is 6.07 Å². The van der Waals surface area contributed by atoms with Crippen LogP contribution in [-0.4, -0.2) is 82.5 Å². The van der Waals surface area contributed by atoms with Crippen molar-refractivity contribution >= 4 is 69.8 Å². The summed E-state index contributed by atoms with van der Waals surface area (Å²) in [6.07, 6.45) is 3.39. The van der Waals surface area contributed by atoms with Crippen LogP contribution >= 0.6 is 11.3 Å². The summed E-state index contributed by atoms with van der Waals surface area (Å²) in [6.45, 7) is 0.309. The summed E-state index contributed by atoms with van der Waals surface area (Å²) in [5.41, 5.74) is 1.69. The van der Waals surface area contributed by atoms with Gasteiger partial charge in [-0.25, -0.2) is 4.98 Å². The fraction of sp³-hybridized carbons (Fsp3) is 0.333. The summed E-state index contributed by atoms with van der Waals surface area (Å²) < 4.78 is 10.6. The van der Waals surface area contributed by atoms with E-state index in [9.17, 15) is 14.4 Å². The van der Waals surface area contributed by atoms with Crippen LogP contribution in [0.4, 0.5) is 17.2 Å². The zero-order chi connectivity index (χ0) is 28.9. The van der Waals surface area contributed by atoms with E-state index in [0.29, 0.717) is 28.7 Å². The molecule has 2 aromatic heterocycles. The molecule has 1 aliphatic carbocycles. The highest BCUT2D eigenvalue weighted by Crippen LogP contribution is 2.40. The molecule has 0 radical (unpaired) electrons. The number of rotatable bonds is 12. The molecule has 1 fully saturated rings. The molecule has 0 aliphatic heterocycles. The Labute approximate surface area is 238 Å². The Morgan fingerprint density at radius 3 is 2.58 bits per heavy atom. The third kappa shape index (κ3) is 7.60. The number of nitrogens with zero attached hydrogens (tertiary/aromatic N) is 3. The van der Waals surface area contributed by atoms with Crippen LogP contribution in [0.3, 0.4) is 0 Å². The van der Waals surface area contributed by atoms with Crippen molar-refractivity contribution in [3.63, 3.8) is 0 Å². The first-order valence-electron chi connectivity index (χ1n) is 12.7. The predicted molar refractivity (Wildman–Crippen MR) is 160 cm³/mol. The summed E-state index contributed by atoms with van der Waals surface area (Å²) in [4.78, 5) is 42.6. The van der Waals surface area contributed by atoms with Gasteiger partial charge in [-0.05, 0) is 30.2 Å². The van der Waals surface area contributed by atoms with Crippen molar-refractivity contribution in [2.45, 2.75) is 24.6 Å². The molecule has 0 unspecified atom stereocenters. The van der Waals surface area contributed by atoms with Crippen molar-refractivity contribution in [2.24, 2.45) is 5.92 Å². The molecule has 1 aliphatic rings. The van der Waals surface area contributed by atoms with E-state index >= 15 is 0 Å². The second-order valence-corrected chi connectivity index (χ2v) is 11.4. The second kappa shape index (κ2) is 12.5. The molecule has 16 heteroatoms. The van der Waals surface area contributed by atoms with E-state index in [2.05, 4.69) is 36.4 Å². The van der Waals surface area contributed by atoms with Crippen molar-refractivity contribution in [1.29, 1.82) is 0 Å². The fourth-order valence-corrected chi connectivity index (χ4v) is 4.61. The smallest absolute Gasteiger partial charge is 0.272 e. The Bertz CT molecular complexity index is 1410. The molecule has 12 nitrogen and oxygen atoms in total. The lowest BCUT2D eigenvalue weighted by Crippen LogP contribution is -2.50. The van der Waals surface area contributed by atoms with E-state index in [1.54, 1.807) is 25.4 Å². The van der Waals surface area contributed by atoms with Crippen molar-refractivity contribution in [3.8, 4) is 16.3 Å². The molecule has 4 rings (SSSR count). The van der Waals surface area contributed by atoms with Gasteiger partial charge in [0, 0.05) is 30.2 Å². The van der Waals surface area contributed by atoms with Crippen LogP contribution in [-0.2, 0) is 20.9 Å². The average Bonchev–Trinajstić information content (AvgIpc) is 3.64. The predicted octanol–water partition coefficient (Wildman–Crippen LogP) is -0.796. The second-order valence-electron chi connectivity index (χ2n) is 10.3. The highest BCUT2D eigenvalue weighted by Gasteiger charge is 2.30. The number of nitrogens with one attached hydrogen (secondary N) is 4. The molecular weight excluding hydrogens is 531 g/mol. The highest BCUT2D eigenvalue weighted by molar-refractivity contribution is 7.15. The van der Waals surface area contributed by atoms with Gasteiger partial charge in [0.1, 0.15) is 35.2 Å². The number of carbonyl (C=O) groups excluding carboxylic acids is 3. The van der Waals surface area contributed by atoms with Gasteiger partial charge in [0.15, 0.2) is 17.3 Å². The molecular formula is C24H30B3N7O5S. The van der Waals surface area contributed by atoms with Gasteiger partial charge in [-0.2, -0.15) is 0 Å². The lowest BCUT2D eigenvalue weighted by atomic mass is 9.49. The number of benzene rings is 1. The first-order chi connectivity index (χ1) is 19.1. The molecule has 0 atom stereocenters. The first-order valence-corrected chi connectivity index (χ1v) is 13.6. The van der Waals surface area contributed by atoms with Gasteiger partial charge >= 0.3 is 0 Å². The quantitative estimate of drug-likeness (QED) is 0.208. The van der Waals surface area contributed by atoms with Gasteiger partial charge in [-0.3, -0.25) is 14.4 Å². The number of thiazole rings is 1. The van der Waals surface area contributed by atoms with Crippen molar-refractivity contribution in [1.82, 2.24) is 25.8 Å². The third-order valence-electron chi connectivity index (χ3n) is 5.70. The summed E-state index contributed by atoms with van der Waals surface area (Å²) in [5.74, 6) is -0.0414. The molecule has 3 amide bonds. The minimum atomic E-state index is -0.502. The number of ether oxygens (including phenoxy) is 2. The Morgan fingerprint density at radius 2 is 1.90 bits per heavy atom. The number of aromatic nitrogens is 3. The van der Waals surface area contributed by atoms with E-state index in [0.717, 1.165) is 23.3 Å².